The second-order valence-corrected chi connectivity index (χ2v) is 2.28. The number of hydrogen-bond donors (Lipinski definition) is 2. The van der Waals surface area contributed by atoms with Crippen LogP contribution in [0.1, 0.15) is 0 Å². The molecular formula is C3H2BCl2N3NaO3+. The van der Waals surface area contributed by atoms with E-state index in [0.717, 1.165) is 0 Å². The molecule has 6 nitrogen and oxygen atoms in total. The molecule has 0 saturated heterocycles. The summed E-state index contributed by atoms with van der Waals surface area (Å²) < 4.78 is 4.26. The molecule has 0 unspecified atom stereocenters. The minimum absolute atomic E-state index is 0. The molecule has 10 heteroatoms. The molecule has 1 aromatic heterocycles. The summed E-state index contributed by atoms with van der Waals surface area (Å²) in [5.41, 5.74) is 0. The van der Waals surface area contributed by atoms with Crippen LogP contribution in [0.5, 0.6) is 6.01 Å². The van der Waals surface area contributed by atoms with Crippen molar-refractivity contribution in [1.29, 1.82) is 0 Å². The van der Waals surface area contributed by atoms with Crippen molar-refractivity contribution in [2.24, 2.45) is 0 Å². The zero-order chi connectivity index (χ0) is 9.14. The molecule has 0 aliphatic heterocycles. The van der Waals surface area contributed by atoms with Gasteiger partial charge in [-0.3, -0.25) is 0 Å². The van der Waals surface area contributed by atoms with Gasteiger partial charge in [-0.15, -0.1) is 0 Å². The molecule has 0 aromatic carbocycles. The van der Waals surface area contributed by atoms with E-state index in [2.05, 4.69) is 19.6 Å². The Morgan fingerprint density at radius 1 is 1.08 bits per heavy atom. The number of halogens is 2. The first-order chi connectivity index (χ1) is 5.58. The molecule has 0 amide bonds. The molecule has 1 rings (SSSR count). The van der Waals surface area contributed by atoms with Crippen molar-refractivity contribution in [3.8, 4) is 6.01 Å². The van der Waals surface area contributed by atoms with Crippen molar-refractivity contribution >= 4 is 30.5 Å². The third kappa shape index (κ3) is 4.97. The van der Waals surface area contributed by atoms with Gasteiger partial charge in [-0.1, -0.05) is 0 Å². The van der Waals surface area contributed by atoms with Gasteiger partial charge in [0.1, 0.15) is 0 Å². The third-order valence-corrected chi connectivity index (χ3v) is 1.11. The topological polar surface area (TPSA) is 88.4 Å². The van der Waals surface area contributed by atoms with Crippen LogP contribution >= 0.6 is 23.2 Å². The second kappa shape index (κ2) is 5.97. The summed E-state index contributed by atoms with van der Waals surface area (Å²) in [5.74, 6) is 0. The van der Waals surface area contributed by atoms with Crippen molar-refractivity contribution < 1.29 is 44.3 Å². The smallest absolute Gasteiger partial charge is 0.483 e. The second-order valence-electron chi connectivity index (χ2n) is 1.60. The monoisotopic (exact) mass is 232 g/mol. The molecule has 0 aliphatic carbocycles. The van der Waals surface area contributed by atoms with Gasteiger partial charge in [-0.05, 0) is 23.2 Å². The predicted molar refractivity (Wildman–Crippen MR) is 40.7 cm³/mol. The molecule has 0 saturated carbocycles. The number of hydrogen-bond acceptors (Lipinski definition) is 6. The van der Waals surface area contributed by atoms with Gasteiger partial charge in [0.15, 0.2) is 0 Å². The molecule has 13 heavy (non-hydrogen) atoms. The first-order valence-corrected chi connectivity index (χ1v) is 3.43. The van der Waals surface area contributed by atoms with Gasteiger partial charge in [0.2, 0.25) is 10.6 Å². The zero-order valence-corrected chi connectivity index (χ0v) is 9.99. The molecule has 0 spiro atoms. The van der Waals surface area contributed by atoms with Gasteiger partial charge in [-0.25, -0.2) is 0 Å². The van der Waals surface area contributed by atoms with Crippen molar-refractivity contribution in [3.05, 3.63) is 10.6 Å². The Hall–Kier alpha value is 0.375. The van der Waals surface area contributed by atoms with E-state index in [0.29, 0.717) is 0 Å². The predicted octanol–water partition coefficient (Wildman–Crippen LogP) is -3.47. The Morgan fingerprint density at radius 3 is 1.92 bits per heavy atom. The summed E-state index contributed by atoms with van der Waals surface area (Å²) in [6.07, 6.45) is 0. The van der Waals surface area contributed by atoms with Crippen LogP contribution in [-0.2, 0) is 0 Å². The average Bonchev–Trinajstić information content (AvgIpc) is 1.81. The first-order valence-electron chi connectivity index (χ1n) is 2.68. The molecule has 0 fully saturated rings. The van der Waals surface area contributed by atoms with Crippen LogP contribution in [0.4, 0.5) is 0 Å². The van der Waals surface area contributed by atoms with Gasteiger partial charge in [0.05, 0.1) is 0 Å². The Balaban J connectivity index is 0.00000144. The summed E-state index contributed by atoms with van der Waals surface area (Å²) in [4.78, 5) is 10.2. The van der Waals surface area contributed by atoms with E-state index in [1.807, 2.05) is 0 Å². The maximum Gasteiger partial charge on any atom is 1.00 e. The van der Waals surface area contributed by atoms with E-state index in [1.165, 1.54) is 0 Å². The maximum atomic E-state index is 8.33. The normalized spacial score (nSPS) is 8.92. The average molecular weight is 233 g/mol. The Bertz CT molecular complexity index is 270. The van der Waals surface area contributed by atoms with Crippen molar-refractivity contribution in [3.63, 3.8) is 0 Å². The van der Waals surface area contributed by atoms with Crippen molar-refractivity contribution in [1.82, 2.24) is 15.0 Å². The summed E-state index contributed by atoms with van der Waals surface area (Å²) in [5, 5.41) is 16.3. The van der Waals surface area contributed by atoms with Crippen molar-refractivity contribution in [2.45, 2.75) is 0 Å². The summed E-state index contributed by atoms with van der Waals surface area (Å²) >= 11 is 10.7. The molecule has 1 aromatic rings. The summed E-state index contributed by atoms with van der Waals surface area (Å²) in [7, 11) is -2.01. The molecule has 0 bridgehead atoms. The SMILES string of the molecule is OB(O)Oc1nc(Cl)nc(Cl)n1.[Na+]. The van der Waals surface area contributed by atoms with Crippen LogP contribution < -0.4 is 34.2 Å². The number of rotatable bonds is 2. The van der Waals surface area contributed by atoms with Crippen LogP contribution in [0.2, 0.25) is 10.6 Å². The largest absolute Gasteiger partial charge is 1.00 e. The van der Waals surface area contributed by atoms with Crippen LogP contribution in [0, 0.1) is 0 Å². The fourth-order valence-electron chi connectivity index (χ4n) is 0.456. The molecular weight excluding hydrogens is 231 g/mol. The van der Waals surface area contributed by atoms with Crippen LogP contribution in [0.25, 0.3) is 0 Å². The number of nitrogens with zero attached hydrogens (tertiary/aromatic N) is 3. The zero-order valence-electron chi connectivity index (χ0n) is 6.48. The molecule has 1 heterocycles. The van der Waals surface area contributed by atoms with Gasteiger partial charge in [-0.2, -0.15) is 15.0 Å². The molecule has 64 valence electrons. The molecule has 0 radical (unpaired) electrons. The fraction of sp³-hybridized carbons (Fsp3) is 0. The van der Waals surface area contributed by atoms with Crippen LogP contribution in [-0.4, -0.2) is 32.3 Å². The van der Waals surface area contributed by atoms with Crippen molar-refractivity contribution in [2.75, 3.05) is 0 Å². The Kier molecular flexibility index (Phi) is 6.14. The Morgan fingerprint density at radius 2 is 1.54 bits per heavy atom. The van der Waals surface area contributed by atoms with E-state index in [4.69, 9.17) is 33.2 Å². The van der Waals surface area contributed by atoms with E-state index in [1.54, 1.807) is 0 Å². The molecule has 0 atom stereocenters. The minimum Gasteiger partial charge on any atom is -0.483 e. The number of aromatic nitrogens is 3. The van der Waals surface area contributed by atoms with Crippen LogP contribution in [0.15, 0.2) is 0 Å². The molecule has 0 aliphatic rings. The fourth-order valence-corrected chi connectivity index (χ4v) is 0.804. The standard InChI is InChI=1S/C3H2BCl2N3O3.Na/c5-1-7-2(6)9-3(8-1)12-4(10)11;/h10-11H;/q;+1. The summed E-state index contributed by atoms with van der Waals surface area (Å²) in [6.45, 7) is 0. The van der Waals surface area contributed by atoms with Crippen LogP contribution in [0.3, 0.4) is 0 Å². The molecule has 2 N–H and O–H groups in total. The minimum atomic E-state index is -2.01. The quantitative estimate of drug-likeness (QED) is 0.516. The van der Waals surface area contributed by atoms with Gasteiger partial charge in [0.25, 0.3) is 0 Å². The van der Waals surface area contributed by atoms with E-state index in [-0.39, 0.29) is 46.1 Å². The van der Waals surface area contributed by atoms with E-state index < -0.39 is 7.32 Å². The first kappa shape index (κ1) is 13.4. The van der Waals surface area contributed by atoms with E-state index in [9.17, 15) is 0 Å². The third-order valence-electron chi connectivity index (χ3n) is 0.771. The van der Waals surface area contributed by atoms with Gasteiger partial charge >= 0.3 is 42.9 Å². The van der Waals surface area contributed by atoms with Gasteiger partial charge in [0, 0.05) is 0 Å². The summed E-state index contributed by atoms with van der Waals surface area (Å²) in [6, 6.07) is -0.352. The Labute approximate surface area is 106 Å². The van der Waals surface area contributed by atoms with Gasteiger partial charge < -0.3 is 14.7 Å². The van der Waals surface area contributed by atoms with E-state index >= 15 is 0 Å². The maximum absolute atomic E-state index is 8.33.